The molecule has 0 bridgehead atoms. The number of halogens is 1. The molecule has 1 aliphatic heterocycles. The van der Waals surface area contributed by atoms with Gasteiger partial charge in [0.25, 0.3) is 5.91 Å². The van der Waals surface area contributed by atoms with Crippen molar-refractivity contribution in [3.05, 3.63) is 57.5 Å². The van der Waals surface area contributed by atoms with Crippen LogP contribution in [-0.2, 0) is 11.2 Å². The lowest BCUT2D eigenvalue weighted by Gasteiger charge is -2.06. The van der Waals surface area contributed by atoms with Crippen LogP contribution < -0.4 is 10.1 Å². The molecule has 2 aromatic carbocycles. The zero-order valence-corrected chi connectivity index (χ0v) is 15.8. The standard InChI is InChI=1S/C19H17ClN2O3S/c1-3-11-4-6-13(7-5-11)21-19-22-18(24)16(26-19)10-12-8-14(20)17(23)15(9-12)25-2/h4-10,23H,3H2,1-2H3,(H,21,22,24). The van der Waals surface area contributed by atoms with Crippen LogP contribution in [0.1, 0.15) is 18.1 Å². The quantitative estimate of drug-likeness (QED) is 0.756. The summed E-state index contributed by atoms with van der Waals surface area (Å²) in [6, 6.07) is 11.1. The molecule has 0 saturated carbocycles. The number of amides is 1. The topological polar surface area (TPSA) is 70.9 Å². The van der Waals surface area contributed by atoms with E-state index in [0.717, 1.165) is 12.1 Å². The summed E-state index contributed by atoms with van der Waals surface area (Å²) in [4.78, 5) is 17.1. The van der Waals surface area contributed by atoms with E-state index in [0.29, 0.717) is 15.6 Å². The van der Waals surface area contributed by atoms with Crippen molar-refractivity contribution in [1.82, 2.24) is 5.32 Å². The average molecular weight is 389 g/mol. The van der Waals surface area contributed by atoms with Gasteiger partial charge in [0.1, 0.15) is 0 Å². The third-order valence-electron chi connectivity index (χ3n) is 3.79. The second-order valence-electron chi connectivity index (χ2n) is 5.56. The molecule has 1 saturated heterocycles. The van der Waals surface area contributed by atoms with E-state index in [1.54, 1.807) is 18.2 Å². The maximum Gasteiger partial charge on any atom is 0.264 e. The van der Waals surface area contributed by atoms with Gasteiger partial charge in [0.05, 0.1) is 22.7 Å². The van der Waals surface area contributed by atoms with Crippen molar-refractivity contribution in [3.8, 4) is 11.5 Å². The van der Waals surface area contributed by atoms with Crippen molar-refractivity contribution in [3.63, 3.8) is 0 Å². The first-order valence-corrected chi connectivity index (χ1v) is 9.14. The van der Waals surface area contributed by atoms with E-state index in [1.165, 1.54) is 24.4 Å². The molecule has 0 radical (unpaired) electrons. The molecule has 0 unspecified atom stereocenters. The molecule has 26 heavy (non-hydrogen) atoms. The number of carbonyl (C=O) groups excluding carboxylic acids is 1. The van der Waals surface area contributed by atoms with Crippen LogP contribution in [0, 0.1) is 0 Å². The largest absolute Gasteiger partial charge is 0.503 e. The van der Waals surface area contributed by atoms with Gasteiger partial charge in [-0.25, -0.2) is 4.99 Å². The van der Waals surface area contributed by atoms with Crippen LogP contribution in [0.4, 0.5) is 5.69 Å². The van der Waals surface area contributed by atoms with E-state index in [4.69, 9.17) is 16.3 Å². The Hall–Kier alpha value is -2.44. The summed E-state index contributed by atoms with van der Waals surface area (Å²) < 4.78 is 5.08. The maximum atomic E-state index is 12.2. The molecular weight excluding hydrogens is 372 g/mol. The lowest BCUT2D eigenvalue weighted by atomic mass is 10.2. The summed E-state index contributed by atoms with van der Waals surface area (Å²) in [6.45, 7) is 2.09. The number of rotatable bonds is 4. The van der Waals surface area contributed by atoms with E-state index in [-0.39, 0.29) is 22.4 Å². The Labute approximate surface area is 160 Å². The number of aromatic hydroxyl groups is 1. The zero-order valence-electron chi connectivity index (χ0n) is 14.2. The minimum Gasteiger partial charge on any atom is -0.503 e. The van der Waals surface area contributed by atoms with Crippen LogP contribution in [-0.4, -0.2) is 23.3 Å². The number of phenolic OH excluding ortho intramolecular Hbond substituents is 1. The highest BCUT2D eigenvalue weighted by Crippen LogP contribution is 2.36. The van der Waals surface area contributed by atoms with Gasteiger partial charge in [0.2, 0.25) is 0 Å². The predicted molar refractivity (Wildman–Crippen MR) is 106 cm³/mol. The molecule has 134 valence electrons. The molecule has 0 aromatic heterocycles. The Bertz CT molecular complexity index is 908. The average Bonchev–Trinajstić information content (AvgIpc) is 2.97. The van der Waals surface area contributed by atoms with Crippen molar-refractivity contribution < 1.29 is 14.6 Å². The number of hydrogen-bond donors (Lipinski definition) is 2. The molecule has 5 nitrogen and oxygen atoms in total. The van der Waals surface area contributed by atoms with Crippen molar-refractivity contribution in [2.24, 2.45) is 4.99 Å². The second kappa shape index (κ2) is 7.85. The number of nitrogens with one attached hydrogen (secondary N) is 1. The fourth-order valence-electron chi connectivity index (χ4n) is 2.39. The molecule has 0 spiro atoms. The molecular formula is C19H17ClN2O3S. The fourth-order valence-corrected chi connectivity index (χ4v) is 3.45. The number of aliphatic imine (C=N–C) groups is 1. The molecule has 7 heteroatoms. The number of ether oxygens (including phenoxy) is 1. The first kappa shape index (κ1) is 18.4. The summed E-state index contributed by atoms with van der Waals surface area (Å²) in [5, 5.41) is 13.2. The second-order valence-corrected chi connectivity index (χ2v) is 6.99. The maximum absolute atomic E-state index is 12.2. The first-order valence-electron chi connectivity index (χ1n) is 7.95. The highest BCUT2D eigenvalue weighted by atomic mass is 35.5. The molecule has 1 amide bonds. The number of thioether (sulfide) groups is 1. The van der Waals surface area contributed by atoms with Crippen LogP contribution in [0.25, 0.3) is 6.08 Å². The highest BCUT2D eigenvalue weighted by molar-refractivity contribution is 8.18. The monoisotopic (exact) mass is 388 g/mol. The Morgan fingerprint density at radius 1 is 1.31 bits per heavy atom. The fraction of sp³-hybridized carbons (Fsp3) is 0.158. The third-order valence-corrected chi connectivity index (χ3v) is 4.99. The molecule has 0 aliphatic carbocycles. The van der Waals surface area contributed by atoms with Crippen LogP contribution in [0.2, 0.25) is 5.02 Å². The van der Waals surface area contributed by atoms with Crippen LogP contribution in [0.3, 0.4) is 0 Å². The van der Waals surface area contributed by atoms with Gasteiger partial charge in [-0.05, 0) is 59.7 Å². The molecule has 1 heterocycles. The minimum absolute atomic E-state index is 0.127. The van der Waals surface area contributed by atoms with Gasteiger partial charge < -0.3 is 15.2 Å². The molecule has 3 rings (SSSR count). The number of carbonyl (C=O) groups is 1. The first-order chi connectivity index (χ1) is 12.5. The number of hydrogen-bond acceptors (Lipinski definition) is 5. The highest BCUT2D eigenvalue weighted by Gasteiger charge is 2.24. The summed E-state index contributed by atoms with van der Waals surface area (Å²) in [6.07, 6.45) is 2.64. The molecule has 0 atom stereocenters. The van der Waals surface area contributed by atoms with Gasteiger partial charge in [-0.1, -0.05) is 30.7 Å². The van der Waals surface area contributed by atoms with Gasteiger partial charge in [-0.3, -0.25) is 4.79 Å². The van der Waals surface area contributed by atoms with Crippen LogP contribution >= 0.6 is 23.4 Å². The van der Waals surface area contributed by atoms with Crippen molar-refractivity contribution >= 4 is 46.2 Å². The van der Waals surface area contributed by atoms with E-state index in [9.17, 15) is 9.90 Å². The number of phenols is 1. The molecule has 1 fully saturated rings. The molecule has 1 aliphatic rings. The van der Waals surface area contributed by atoms with Gasteiger partial charge in [0, 0.05) is 0 Å². The van der Waals surface area contributed by atoms with Gasteiger partial charge in [-0.15, -0.1) is 0 Å². The Kier molecular flexibility index (Phi) is 5.54. The third kappa shape index (κ3) is 4.03. The molecule has 2 N–H and O–H groups in total. The SMILES string of the molecule is CCc1ccc(N=C2NC(=O)C(=Cc3cc(Cl)c(O)c(OC)c3)S2)cc1. The number of benzene rings is 2. The molecule has 2 aromatic rings. The normalized spacial score (nSPS) is 17.0. The lowest BCUT2D eigenvalue weighted by molar-refractivity contribution is -0.115. The summed E-state index contributed by atoms with van der Waals surface area (Å²) >= 11 is 7.24. The minimum atomic E-state index is -0.234. The summed E-state index contributed by atoms with van der Waals surface area (Å²) in [5.41, 5.74) is 2.66. The van der Waals surface area contributed by atoms with Crippen LogP contribution in [0.5, 0.6) is 11.5 Å². The summed E-state index contributed by atoms with van der Waals surface area (Å²) in [5.74, 6) is -0.114. The van der Waals surface area contributed by atoms with Crippen molar-refractivity contribution in [2.75, 3.05) is 7.11 Å². The lowest BCUT2D eigenvalue weighted by Crippen LogP contribution is -2.19. The predicted octanol–water partition coefficient (Wildman–Crippen LogP) is 4.51. The smallest absolute Gasteiger partial charge is 0.264 e. The van der Waals surface area contributed by atoms with Crippen LogP contribution in [0.15, 0.2) is 46.3 Å². The van der Waals surface area contributed by atoms with E-state index in [2.05, 4.69) is 17.2 Å². The Morgan fingerprint density at radius 2 is 2.04 bits per heavy atom. The number of aryl methyl sites for hydroxylation is 1. The number of amidine groups is 1. The van der Waals surface area contributed by atoms with Crippen molar-refractivity contribution in [2.45, 2.75) is 13.3 Å². The number of methoxy groups -OCH3 is 1. The Balaban J connectivity index is 1.84. The van der Waals surface area contributed by atoms with E-state index in [1.807, 2.05) is 24.3 Å². The van der Waals surface area contributed by atoms with E-state index >= 15 is 0 Å². The van der Waals surface area contributed by atoms with Gasteiger partial charge in [0.15, 0.2) is 16.7 Å². The number of nitrogens with zero attached hydrogens (tertiary/aromatic N) is 1. The van der Waals surface area contributed by atoms with Gasteiger partial charge >= 0.3 is 0 Å². The van der Waals surface area contributed by atoms with Gasteiger partial charge in [-0.2, -0.15) is 0 Å². The van der Waals surface area contributed by atoms with E-state index < -0.39 is 0 Å². The Morgan fingerprint density at radius 3 is 2.69 bits per heavy atom. The van der Waals surface area contributed by atoms with Crippen molar-refractivity contribution in [1.29, 1.82) is 0 Å². The summed E-state index contributed by atoms with van der Waals surface area (Å²) in [7, 11) is 1.44. The zero-order chi connectivity index (χ0) is 18.7.